The van der Waals surface area contributed by atoms with Crippen LogP contribution in [0.5, 0.6) is 0 Å². The van der Waals surface area contributed by atoms with Crippen LogP contribution in [0.1, 0.15) is 21.0 Å². The van der Waals surface area contributed by atoms with Crippen LogP contribution in [0, 0.1) is 0 Å². The van der Waals surface area contributed by atoms with Crippen molar-refractivity contribution in [1.82, 2.24) is 20.0 Å². The predicted molar refractivity (Wildman–Crippen MR) is 89.5 cm³/mol. The average molecular weight is 413 g/mol. The van der Waals surface area contributed by atoms with E-state index in [9.17, 15) is 9.59 Å². The normalized spacial score (nSPS) is 9.78. The molecule has 138 valence electrons. The molecule has 2 heterocycles. The number of ether oxygens (including phenoxy) is 2. The Kier molecular flexibility index (Phi) is 6.00. The van der Waals surface area contributed by atoms with Gasteiger partial charge in [0, 0.05) is 9.82 Å². The molecule has 0 N–H and O–H groups in total. The van der Waals surface area contributed by atoms with Gasteiger partial charge in [-0.05, 0) is 16.2 Å². The van der Waals surface area contributed by atoms with Crippen LogP contribution in [0.3, 0.4) is 0 Å². The number of hydrogen-bond acceptors (Lipinski definition) is 9. The van der Waals surface area contributed by atoms with E-state index in [0.29, 0.717) is 0 Å². The summed E-state index contributed by atoms with van der Waals surface area (Å²) in [4.78, 5) is 32.9. The number of carbonyl (C=O) groups excluding carboxylic acids is 2. The van der Waals surface area contributed by atoms with E-state index in [1.807, 2.05) is 0 Å². The zero-order valence-electron chi connectivity index (χ0n) is 13.4. The summed E-state index contributed by atoms with van der Waals surface area (Å²) in [5.41, 5.74) is 16.0. The van der Waals surface area contributed by atoms with Gasteiger partial charge in [0.1, 0.15) is 5.82 Å². The van der Waals surface area contributed by atoms with Gasteiger partial charge in [-0.1, -0.05) is 33.5 Å². The molecule has 2 rings (SSSR count). The molecule has 14 nitrogen and oxygen atoms in total. The molecule has 0 spiro atoms. The Morgan fingerprint density at radius 2 is 1.70 bits per heavy atom. The molecule has 0 aliphatic carbocycles. The third-order valence-electron chi connectivity index (χ3n) is 2.93. The van der Waals surface area contributed by atoms with Crippen LogP contribution >= 0.6 is 23.2 Å². The van der Waals surface area contributed by atoms with Gasteiger partial charge in [-0.25, -0.2) is 14.6 Å². The van der Waals surface area contributed by atoms with Crippen LogP contribution < -0.4 is 0 Å². The van der Waals surface area contributed by atoms with Crippen LogP contribution in [-0.2, 0) is 9.47 Å². The number of halogens is 2. The molecule has 0 bridgehead atoms. The highest BCUT2D eigenvalue weighted by Crippen LogP contribution is 2.42. The van der Waals surface area contributed by atoms with E-state index in [0.717, 1.165) is 18.9 Å². The van der Waals surface area contributed by atoms with E-state index in [2.05, 4.69) is 44.8 Å². The zero-order valence-corrected chi connectivity index (χ0v) is 14.9. The Bertz CT molecular complexity index is 1040. The molecule has 0 unspecified atom stereocenters. The second-order valence-electron chi connectivity index (χ2n) is 4.30. The average Bonchev–Trinajstić information content (AvgIpc) is 3.11. The summed E-state index contributed by atoms with van der Waals surface area (Å²) < 4.78 is 9.85. The molecule has 27 heavy (non-hydrogen) atoms. The lowest BCUT2D eigenvalue weighted by Gasteiger charge is -2.11. The van der Waals surface area contributed by atoms with Gasteiger partial charge in [0.2, 0.25) is 5.69 Å². The summed E-state index contributed by atoms with van der Waals surface area (Å²) >= 11 is 12.1. The summed E-state index contributed by atoms with van der Waals surface area (Å²) in [6, 6.07) is 0. The molecular weight excluding hydrogens is 407 g/mol. The minimum Gasteiger partial charge on any atom is -0.464 e. The number of rotatable bonds is 5. The number of hydrogen-bond donors (Lipinski definition) is 0. The fourth-order valence-corrected chi connectivity index (χ4v) is 2.35. The molecule has 0 radical (unpaired) electrons. The van der Waals surface area contributed by atoms with Gasteiger partial charge in [-0.3, -0.25) is 0 Å². The van der Waals surface area contributed by atoms with E-state index in [1.165, 1.54) is 0 Å². The number of aromatic nitrogens is 4. The summed E-state index contributed by atoms with van der Waals surface area (Å²) in [7, 11) is 2.11. The molecule has 0 saturated carbocycles. The second-order valence-corrected chi connectivity index (χ2v) is 5.05. The highest BCUT2D eigenvalue weighted by atomic mass is 35.5. The monoisotopic (exact) mass is 412 g/mol. The number of nitrogens with zero attached hydrogens (tertiary/aromatic N) is 10. The van der Waals surface area contributed by atoms with Crippen LogP contribution in [0.15, 0.2) is 10.2 Å². The van der Waals surface area contributed by atoms with E-state index in [4.69, 9.17) is 34.3 Å². The van der Waals surface area contributed by atoms with Gasteiger partial charge in [-0.2, -0.15) is 4.68 Å². The van der Waals surface area contributed by atoms with Gasteiger partial charge in [0.05, 0.1) is 30.0 Å². The van der Waals surface area contributed by atoms with Crippen LogP contribution in [-0.4, -0.2) is 46.1 Å². The third kappa shape index (κ3) is 3.54. The van der Waals surface area contributed by atoms with Crippen molar-refractivity contribution in [3.05, 3.63) is 42.3 Å². The summed E-state index contributed by atoms with van der Waals surface area (Å²) in [5, 5.41) is 13.0. The van der Waals surface area contributed by atoms with Gasteiger partial charge in [-0.15, -0.1) is 5.10 Å². The van der Waals surface area contributed by atoms with Crippen LogP contribution in [0.4, 0.5) is 11.5 Å². The Hall–Kier alpha value is -3.57. The van der Waals surface area contributed by atoms with Gasteiger partial charge >= 0.3 is 11.9 Å². The SMILES string of the molecule is COC(=O)c1nnn(-c2nc(N=[N+]=[N-])c(Cl)c(N=[N+]=[N-])c2Cl)c1C(=O)OC. The Morgan fingerprint density at radius 1 is 1.07 bits per heavy atom. The van der Waals surface area contributed by atoms with Crippen molar-refractivity contribution in [2.24, 2.45) is 10.2 Å². The highest BCUT2D eigenvalue weighted by Gasteiger charge is 2.30. The van der Waals surface area contributed by atoms with E-state index in [1.54, 1.807) is 0 Å². The molecular formula is C11H6Cl2N10O4. The molecule has 0 atom stereocenters. The van der Waals surface area contributed by atoms with Crippen molar-refractivity contribution in [2.45, 2.75) is 0 Å². The fraction of sp³-hybridized carbons (Fsp3) is 0.182. The topological polar surface area (TPSA) is 194 Å². The summed E-state index contributed by atoms with van der Waals surface area (Å²) in [6.07, 6.45) is 0. The zero-order chi connectivity index (χ0) is 20.1. The molecule has 0 aliphatic rings. The quantitative estimate of drug-likeness (QED) is 0.310. The maximum Gasteiger partial charge on any atom is 0.361 e. The van der Waals surface area contributed by atoms with Crippen molar-refractivity contribution in [1.29, 1.82) is 0 Å². The first-order chi connectivity index (χ1) is 12.9. The van der Waals surface area contributed by atoms with E-state index >= 15 is 0 Å². The first-order valence-electron chi connectivity index (χ1n) is 6.53. The van der Waals surface area contributed by atoms with Gasteiger partial charge < -0.3 is 9.47 Å². The lowest BCUT2D eigenvalue weighted by molar-refractivity contribution is 0.0545. The standard InChI is InChI=1S/C11H6Cl2N10O4/c1-26-10(24)6-7(11(25)27-2)23(22-18-6)9-4(13)5(17-20-14)3(12)8(16-9)19-21-15/h1-2H3. The van der Waals surface area contributed by atoms with Crippen molar-refractivity contribution >= 4 is 46.6 Å². The fourth-order valence-electron chi connectivity index (χ4n) is 1.83. The molecule has 0 aromatic carbocycles. The van der Waals surface area contributed by atoms with Gasteiger partial charge in [0.25, 0.3) is 0 Å². The molecule has 16 heteroatoms. The number of esters is 2. The highest BCUT2D eigenvalue weighted by molar-refractivity contribution is 6.41. The van der Waals surface area contributed by atoms with Crippen molar-refractivity contribution in [3.63, 3.8) is 0 Å². The number of pyridine rings is 1. The maximum atomic E-state index is 12.1. The number of carbonyl (C=O) groups is 2. The van der Waals surface area contributed by atoms with Crippen LogP contribution in [0.2, 0.25) is 10.0 Å². The van der Waals surface area contributed by atoms with Crippen molar-refractivity contribution < 1.29 is 19.1 Å². The Labute approximate surface area is 158 Å². The van der Waals surface area contributed by atoms with Crippen molar-refractivity contribution in [3.8, 4) is 5.82 Å². The molecule has 2 aromatic rings. The van der Waals surface area contributed by atoms with E-state index in [-0.39, 0.29) is 21.6 Å². The Morgan fingerprint density at radius 3 is 2.26 bits per heavy atom. The van der Waals surface area contributed by atoms with Crippen molar-refractivity contribution in [2.75, 3.05) is 14.2 Å². The summed E-state index contributed by atoms with van der Waals surface area (Å²) in [5.74, 6) is -2.80. The number of azide groups is 2. The van der Waals surface area contributed by atoms with Crippen LogP contribution in [0.25, 0.3) is 26.7 Å². The number of methoxy groups -OCH3 is 2. The maximum absolute atomic E-state index is 12.1. The second kappa shape index (κ2) is 8.21. The third-order valence-corrected chi connectivity index (χ3v) is 3.63. The lowest BCUT2D eigenvalue weighted by atomic mass is 10.3. The molecule has 2 aromatic heterocycles. The first kappa shape index (κ1) is 19.8. The minimum absolute atomic E-state index is 0.340. The first-order valence-corrected chi connectivity index (χ1v) is 7.28. The molecule has 0 saturated heterocycles. The lowest BCUT2D eigenvalue weighted by Crippen LogP contribution is -2.16. The molecule has 0 amide bonds. The largest absolute Gasteiger partial charge is 0.464 e. The minimum atomic E-state index is -1.02. The molecule has 0 fully saturated rings. The molecule has 0 aliphatic heterocycles. The smallest absolute Gasteiger partial charge is 0.361 e. The van der Waals surface area contributed by atoms with E-state index < -0.39 is 29.1 Å². The Balaban J connectivity index is 2.91. The predicted octanol–water partition coefficient (Wildman–Crippen LogP) is 3.43. The van der Waals surface area contributed by atoms with Gasteiger partial charge in [0.15, 0.2) is 11.5 Å². The summed E-state index contributed by atoms with van der Waals surface area (Å²) in [6.45, 7) is 0.